The predicted octanol–water partition coefficient (Wildman–Crippen LogP) is 3.96. The van der Waals surface area contributed by atoms with Crippen LogP contribution in [-0.4, -0.2) is 44.6 Å². The Hall–Kier alpha value is -1.81. The van der Waals surface area contributed by atoms with Crippen molar-refractivity contribution in [3.8, 4) is 0 Å². The topological polar surface area (TPSA) is 72.9 Å². The molecule has 164 valence electrons. The number of nitrogen functional groups attached to an aromatic ring is 1. The van der Waals surface area contributed by atoms with Gasteiger partial charge in [0.15, 0.2) is 17.0 Å². The number of aromatic nitrogens is 4. The number of anilines is 1. The second-order valence-corrected chi connectivity index (χ2v) is 10.2. The molecule has 1 unspecified atom stereocenters. The molecule has 2 aliphatic rings. The molecule has 1 aromatic carbocycles. The SMILES string of the molecule is CN1CCCC(CCn2c(Cc3cc4c(cc3I)CCC4)nc3c(N)nc(F)nc32)C1. The number of likely N-dealkylation sites (tertiary alicyclic amines) is 1. The Bertz CT molecular complexity index is 1130. The van der Waals surface area contributed by atoms with Crippen molar-refractivity contribution in [2.75, 3.05) is 25.9 Å². The van der Waals surface area contributed by atoms with Crippen LogP contribution < -0.4 is 5.73 Å². The molecule has 1 atom stereocenters. The first-order valence-electron chi connectivity index (χ1n) is 11.1. The van der Waals surface area contributed by atoms with Crippen LogP contribution in [0.5, 0.6) is 0 Å². The Balaban J connectivity index is 1.49. The van der Waals surface area contributed by atoms with Gasteiger partial charge in [-0.2, -0.15) is 14.4 Å². The maximum atomic E-state index is 14.0. The Morgan fingerprint density at radius 1 is 1.16 bits per heavy atom. The Labute approximate surface area is 195 Å². The summed E-state index contributed by atoms with van der Waals surface area (Å²) < 4.78 is 17.4. The highest BCUT2D eigenvalue weighted by Gasteiger charge is 2.22. The van der Waals surface area contributed by atoms with Crippen molar-refractivity contribution >= 4 is 39.6 Å². The molecule has 3 heterocycles. The molecule has 1 fully saturated rings. The van der Waals surface area contributed by atoms with Gasteiger partial charge in [0.05, 0.1) is 0 Å². The number of hydrogen-bond donors (Lipinski definition) is 1. The van der Waals surface area contributed by atoms with E-state index in [1.54, 1.807) is 0 Å². The van der Waals surface area contributed by atoms with Crippen LogP contribution in [-0.2, 0) is 25.8 Å². The summed E-state index contributed by atoms with van der Waals surface area (Å²) in [5.41, 5.74) is 11.2. The summed E-state index contributed by atoms with van der Waals surface area (Å²) >= 11 is 2.43. The van der Waals surface area contributed by atoms with Crippen LogP contribution in [0.1, 0.15) is 48.2 Å². The molecule has 1 aliphatic heterocycles. The molecule has 0 radical (unpaired) electrons. The highest BCUT2D eigenvalue weighted by Crippen LogP contribution is 2.29. The van der Waals surface area contributed by atoms with Gasteiger partial charge in [0, 0.05) is 23.1 Å². The lowest BCUT2D eigenvalue weighted by molar-refractivity contribution is 0.197. The molecule has 0 bridgehead atoms. The summed E-state index contributed by atoms with van der Waals surface area (Å²) in [6, 6.07) is 4.65. The molecule has 5 rings (SSSR count). The average molecular weight is 534 g/mol. The van der Waals surface area contributed by atoms with Crippen LogP contribution in [0.25, 0.3) is 11.2 Å². The lowest BCUT2D eigenvalue weighted by atomic mass is 9.95. The molecular weight excluding hydrogens is 506 g/mol. The van der Waals surface area contributed by atoms with Crippen LogP contribution in [0.15, 0.2) is 12.1 Å². The first kappa shape index (κ1) is 21.1. The standard InChI is InChI=1S/C23H28FIN6/c1-30-8-3-4-14(13-30)7-9-31-19(27-20-21(26)28-23(24)29-22(20)31)12-17-10-15-5-2-6-16(15)11-18(17)25/h10-11,14H,2-9,12-13H2,1H3,(H2,26,28,29). The summed E-state index contributed by atoms with van der Waals surface area (Å²) in [6.45, 7) is 3.04. The van der Waals surface area contributed by atoms with Gasteiger partial charge in [0.25, 0.3) is 0 Å². The maximum absolute atomic E-state index is 14.0. The van der Waals surface area contributed by atoms with Crippen LogP contribution in [0, 0.1) is 15.6 Å². The van der Waals surface area contributed by atoms with Crippen LogP contribution in [0.2, 0.25) is 0 Å². The average Bonchev–Trinajstić information content (AvgIpc) is 3.31. The third-order valence-electron chi connectivity index (χ3n) is 6.77. The summed E-state index contributed by atoms with van der Waals surface area (Å²) in [6.07, 6.45) is 6.94. The molecule has 1 saturated heterocycles. The molecule has 1 aliphatic carbocycles. The van der Waals surface area contributed by atoms with Gasteiger partial charge < -0.3 is 15.2 Å². The number of hydrogen-bond acceptors (Lipinski definition) is 5. The number of nitrogens with zero attached hydrogens (tertiary/aromatic N) is 5. The number of halogens is 2. The van der Waals surface area contributed by atoms with Crippen LogP contribution in [0.3, 0.4) is 0 Å². The summed E-state index contributed by atoms with van der Waals surface area (Å²) in [4.78, 5) is 15.0. The van der Waals surface area contributed by atoms with E-state index in [0.717, 1.165) is 31.8 Å². The lowest BCUT2D eigenvalue weighted by Gasteiger charge is -2.29. The summed E-state index contributed by atoms with van der Waals surface area (Å²) in [5, 5.41) is 0. The number of fused-ring (bicyclic) bond motifs is 2. The Kier molecular flexibility index (Phi) is 5.85. The fraction of sp³-hybridized carbons (Fsp3) is 0.522. The molecule has 3 aromatic rings. The fourth-order valence-electron chi connectivity index (χ4n) is 5.18. The molecular formula is C23H28FIN6. The van der Waals surface area contributed by atoms with Gasteiger partial charge in [-0.05, 0) is 103 Å². The first-order chi connectivity index (χ1) is 15.0. The highest BCUT2D eigenvalue weighted by molar-refractivity contribution is 14.1. The van der Waals surface area contributed by atoms with E-state index in [4.69, 9.17) is 10.7 Å². The Morgan fingerprint density at radius 3 is 2.77 bits per heavy atom. The highest BCUT2D eigenvalue weighted by atomic mass is 127. The van der Waals surface area contributed by atoms with Crippen molar-refractivity contribution in [3.05, 3.63) is 44.3 Å². The number of benzene rings is 1. The summed E-state index contributed by atoms with van der Waals surface area (Å²) in [5.74, 6) is 1.64. The molecule has 0 spiro atoms. The number of aryl methyl sites for hydroxylation is 3. The van der Waals surface area contributed by atoms with Crippen LogP contribution >= 0.6 is 22.6 Å². The van der Waals surface area contributed by atoms with E-state index in [9.17, 15) is 4.39 Å². The Morgan fingerprint density at radius 2 is 1.97 bits per heavy atom. The molecule has 2 N–H and O–H groups in total. The number of nitrogens with two attached hydrogens (primary N) is 1. The monoisotopic (exact) mass is 534 g/mol. The van der Waals surface area contributed by atoms with Crippen molar-refractivity contribution in [1.29, 1.82) is 0 Å². The van der Waals surface area contributed by atoms with Crippen molar-refractivity contribution in [2.24, 2.45) is 5.92 Å². The molecule has 8 heteroatoms. The largest absolute Gasteiger partial charge is 0.382 e. The third-order valence-corrected chi connectivity index (χ3v) is 7.77. The van der Waals surface area contributed by atoms with Crippen LogP contribution in [0.4, 0.5) is 10.2 Å². The van der Waals surface area contributed by atoms with E-state index in [-0.39, 0.29) is 5.82 Å². The van der Waals surface area contributed by atoms with Gasteiger partial charge in [-0.1, -0.05) is 6.07 Å². The number of imidazole rings is 1. The van der Waals surface area contributed by atoms with Gasteiger partial charge in [-0.3, -0.25) is 0 Å². The molecule has 2 aromatic heterocycles. The maximum Gasteiger partial charge on any atom is 0.312 e. The minimum Gasteiger partial charge on any atom is -0.382 e. The smallest absolute Gasteiger partial charge is 0.312 e. The van der Waals surface area contributed by atoms with E-state index < -0.39 is 6.08 Å². The molecule has 0 saturated carbocycles. The molecule has 6 nitrogen and oxygen atoms in total. The third kappa shape index (κ3) is 4.28. The number of rotatable bonds is 5. The van der Waals surface area contributed by atoms with Gasteiger partial charge in [-0.15, -0.1) is 0 Å². The second-order valence-electron chi connectivity index (χ2n) is 9.03. The quantitative estimate of drug-likeness (QED) is 0.397. The van der Waals surface area contributed by atoms with E-state index >= 15 is 0 Å². The minimum atomic E-state index is -0.790. The van der Waals surface area contributed by atoms with Gasteiger partial charge in [0.1, 0.15) is 5.82 Å². The van der Waals surface area contributed by atoms with Gasteiger partial charge >= 0.3 is 6.08 Å². The van der Waals surface area contributed by atoms with Crippen molar-refractivity contribution in [1.82, 2.24) is 24.4 Å². The number of piperidine rings is 1. The minimum absolute atomic E-state index is 0.114. The first-order valence-corrected chi connectivity index (χ1v) is 12.2. The van der Waals surface area contributed by atoms with E-state index in [2.05, 4.69) is 61.2 Å². The van der Waals surface area contributed by atoms with Gasteiger partial charge in [-0.25, -0.2) is 4.98 Å². The van der Waals surface area contributed by atoms with Gasteiger partial charge in [0.2, 0.25) is 0 Å². The lowest BCUT2D eigenvalue weighted by Crippen LogP contribution is -2.32. The van der Waals surface area contributed by atoms with E-state index in [1.165, 1.54) is 52.5 Å². The van der Waals surface area contributed by atoms with E-state index in [1.807, 2.05) is 0 Å². The van der Waals surface area contributed by atoms with E-state index in [0.29, 0.717) is 23.5 Å². The van der Waals surface area contributed by atoms with Crippen molar-refractivity contribution in [3.63, 3.8) is 0 Å². The second kappa shape index (κ2) is 8.61. The summed E-state index contributed by atoms with van der Waals surface area (Å²) in [7, 11) is 2.18. The molecule has 0 amide bonds. The normalized spacial score (nSPS) is 19.3. The van der Waals surface area contributed by atoms with Crippen molar-refractivity contribution in [2.45, 2.75) is 51.5 Å². The zero-order chi connectivity index (χ0) is 21.5. The predicted molar refractivity (Wildman–Crippen MR) is 129 cm³/mol. The van der Waals surface area contributed by atoms with Crippen molar-refractivity contribution < 1.29 is 4.39 Å². The zero-order valence-electron chi connectivity index (χ0n) is 17.9. The zero-order valence-corrected chi connectivity index (χ0v) is 20.0. The fourth-order valence-corrected chi connectivity index (χ4v) is 5.90. The molecule has 31 heavy (non-hydrogen) atoms.